The predicted octanol–water partition coefficient (Wildman–Crippen LogP) is 2.60. The van der Waals surface area contributed by atoms with Crippen LogP contribution < -0.4 is 9.47 Å². The summed E-state index contributed by atoms with van der Waals surface area (Å²) in [5, 5.41) is 1.50. The smallest absolute Gasteiger partial charge is 0.356 e. The highest BCUT2D eigenvalue weighted by Gasteiger charge is 2.19. The predicted molar refractivity (Wildman–Crippen MR) is 92.3 cm³/mol. The van der Waals surface area contributed by atoms with E-state index < -0.39 is 5.97 Å². The molecule has 0 amide bonds. The molecule has 3 rings (SSSR count). The van der Waals surface area contributed by atoms with E-state index in [2.05, 4.69) is 9.97 Å². The Labute approximate surface area is 144 Å². The zero-order chi connectivity index (χ0) is 17.8. The molecular formula is C18H18N2O5. The Hall–Kier alpha value is -2.93. The summed E-state index contributed by atoms with van der Waals surface area (Å²) in [4.78, 5) is 20.8. The number of rotatable bonds is 6. The fourth-order valence-electron chi connectivity index (χ4n) is 2.60. The molecule has 0 aliphatic heterocycles. The second kappa shape index (κ2) is 7.31. The van der Waals surface area contributed by atoms with E-state index in [9.17, 15) is 4.79 Å². The molecule has 0 fully saturated rings. The van der Waals surface area contributed by atoms with Gasteiger partial charge in [0, 0.05) is 24.8 Å². The maximum absolute atomic E-state index is 11.9. The van der Waals surface area contributed by atoms with Gasteiger partial charge in [0.15, 0.2) is 5.69 Å². The lowest BCUT2D eigenvalue weighted by atomic mass is 10.1. The Morgan fingerprint density at radius 1 is 1.08 bits per heavy atom. The summed E-state index contributed by atoms with van der Waals surface area (Å²) >= 11 is 0. The molecule has 2 aromatic heterocycles. The topological polar surface area (TPSA) is 79.8 Å². The molecule has 3 aromatic rings. The highest BCUT2D eigenvalue weighted by Crippen LogP contribution is 2.38. The third kappa shape index (κ3) is 3.18. The van der Waals surface area contributed by atoms with Gasteiger partial charge >= 0.3 is 5.97 Å². The Kier molecular flexibility index (Phi) is 4.95. The fraction of sp³-hybridized carbons (Fsp3) is 0.278. The van der Waals surface area contributed by atoms with Gasteiger partial charge in [-0.15, -0.1) is 0 Å². The van der Waals surface area contributed by atoms with E-state index in [-0.39, 0.29) is 5.69 Å². The van der Waals surface area contributed by atoms with E-state index in [1.165, 1.54) is 20.3 Å². The van der Waals surface area contributed by atoms with Gasteiger partial charge in [0.25, 0.3) is 0 Å². The molecular weight excluding hydrogens is 324 g/mol. The maximum atomic E-state index is 11.9. The summed E-state index contributed by atoms with van der Waals surface area (Å²) in [6.45, 7) is 0.821. The minimum absolute atomic E-state index is 0.146. The zero-order valence-electron chi connectivity index (χ0n) is 14.2. The van der Waals surface area contributed by atoms with Crippen molar-refractivity contribution in [1.82, 2.24) is 9.97 Å². The molecule has 0 N–H and O–H groups in total. The van der Waals surface area contributed by atoms with Gasteiger partial charge in [-0.3, -0.25) is 4.98 Å². The van der Waals surface area contributed by atoms with Crippen LogP contribution in [-0.2, 0) is 9.47 Å². The van der Waals surface area contributed by atoms with Crippen LogP contribution in [0.5, 0.6) is 11.5 Å². The van der Waals surface area contributed by atoms with Gasteiger partial charge in [0.2, 0.25) is 0 Å². The first-order valence-electron chi connectivity index (χ1n) is 7.66. The number of methoxy groups -OCH3 is 3. The van der Waals surface area contributed by atoms with Crippen molar-refractivity contribution in [2.24, 2.45) is 0 Å². The van der Waals surface area contributed by atoms with E-state index >= 15 is 0 Å². The molecule has 0 bridgehead atoms. The van der Waals surface area contributed by atoms with Gasteiger partial charge < -0.3 is 18.9 Å². The van der Waals surface area contributed by atoms with E-state index in [1.807, 2.05) is 18.2 Å². The van der Waals surface area contributed by atoms with Crippen molar-refractivity contribution in [2.45, 2.75) is 0 Å². The quantitative estimate of drug-likeness (QED) is 0.387. The molecule has 0 atom stereocenters. The number of pyridine rings is 2. The molecule has 7 heteroatoms. The monoisotopic (exact) mass is 342 g/mol. The van der Waals surface area contributed by atoms with E-state index in [0.29, 0.717) is 41.1 Å². The first-order chi connectivity index (χ1) is 12.2. The maximum Gasteiger partial charge on any atom is 0.356 e. The first kappa shape index (κ1) is 16.9. The minimum atomic E-state index is -0.546. The van der Waals surface area contributed by atoms with Gasteiger partial charge in [-0.2, -0.15) is 0 Å². The number of benzene rings is 1. The van der Waals surface area contributed by atoms with Crippen LogP contribution >= 0.6 is 0 Å². The molecule has 1 aromatic carbocycles. The van der Waals surface area contributed by atoms with Crippen LogP contribution in [0.4, 0.5) is 0 Å². The largest absolute Gasteiger partial charge is 0.496 e. The van der Waals surface area contributed by atoms with Crippen molar-refractivity contribution in [3.05, 3.63) is 36.2 Å². The van der Waals surface area contributed by atoms with E-state index in [1.54, 1.807) is 13.3 Å². The summed E-state index contributed by atoms with van der Waals surface area (Å²) in [5.74, 6) is 0.508. The molecule has 0 saturated heterocycles. The van der Waals surface area contributed by atoms with Gasteiger partial charge in [-0.1, -0.05) is 6.07 Å². The second-order valence-corrected chi connectivity index (χ2v) is 5.22. The lowest BCUT2D eigenvalue weighted by Crippen LogP contribution is -2.08. The lowest BCUT2D eigenvalue weighted by Gasteiger charge is -2.14. The molecule has 0 radical (unpaired) electrons. The normalized spacial score (nSPS) is 10.8. The van der Waals surface area contributed by atoms with Crippen molar-refractivity contribution in [3.63, 3.8) is 0 Å². The Balaban J connectivity index is 2.32. The number of fused-ring (bicyclic) bond motifs is 3. The van der Waals surface area contributed by atoms with Crippen LogP contribution in [0.25, 0.3) is 21.8 Å². The summed E-state index contributed by atoms with van der Waals surface area (Å²) in [5.41, 5.74) is 1.32. The summed E-state index contributed by atoms with van der Waals surface area (Å²) in [6, 6.07) is 7.15. The number of ether oxygens (including phenoxy) is 4. The zero-order valence-corrected chi connectivity index (χ0v) is 14.2. The van der Waals surface area contributed by atoms with Crippen molar-refractivity contribution in [2.75, 3.05) is 34.5 Å². The van der Waals surface area contributed by atoms with Gasteiger partial charge in [-0.05, 0) is 12.1 Å². The molecule has 0 aliphatic carbocycles. The summed E-state index contributed by atoms with van der Waals surface area (Å²) < 4.78 is 21.1. The number of aromatic nitrogens is 2. The van der Waals surface area contributed by atoms with E-state index in [0.717, 1.165) is 5.39 Å². The van der Waals surface area contributed by atoms with Crippen LogP contribution in [-0.4, -0.2) is 50.5 Å². The SMILES string of the molecule is COCCOc1cc2cccnc2c2nc(C(=O)OC)cc(OC)c12. The van der Waals surface area contributed by atoms with Crippen LogP contribution in [0, 0.1) is 0 Å². The molecule has 7 nitrogen and oxygen atoms in total. The second-order valence-electron chi connectivity index (χ2n) is 5.22. The standard InChI is InChI=1S/C18H18N2O5/c1-22-7-8-25-14-9-11-5-4-6-19-16(11)17-15(14)13(23-2)10-12(20-17)18(21)24-3/h4-6,9-10H,7-8H2,1-3H3. The molecule has 0 saturated carbocycles. The number of esters is 1. The number of nitrogens with zero attached hydrogens (tertiary/aromatic N) is 2. The van der Waals surface area contributed by atoms with E-state index in [4.69, 9.17) is 18.9 Å². The average molecular weight is 342 g/mol. The average Bonchev–Trinajstić information content (AvgIpc) is 2.66. The van der Waals surface area contributed by atoms with Crippen molar-refractivity contribution >= 4 is 27.8 Å². The lowest BCUT2D eigenvalue weighted by molar-refractivity contribution is 0.0594. The van der Waals surface area contributed by atoms with Crippen molar-refractivity contribution < 1.29 is 23.7 Å². The van der Waals surface area contributed by atoms with Gasteiger partial charge in [0.1, 0.15) is 23.6 Å². The molecule has 0 unspecified atom stereocenters. The first-order valence-corrected chi connectivity index (χ1v) is 7.66. The van der Waals surface area contributed by atoms with Crippen LogP contribution in [0.1, 0.15) is 10.5 Å². The third-order valence-corrected chi connectivity index (χ3v) is 3.74. The number of hydrogen-bond acceptors (Lipinski definition) is 7. The number of carbonyl (C=O) groups excluding carboxylic acids is 1. The van der Waals surface area contributed by atoms with Crippen LogP contribution in [0.15, 0.2) is 30.5 Å². The van der Waals surface area contributed by atoms with Gasteiger partial charge in [-0.25, -0.2) is 9.78 Å². The van der Waals surface area contributed by atoms with Crippen LogP contribution in [0.3, 0.4) is 0 Å². The number of hydrogen-bond donors (Lipinski definition) is 0. The summed E-state index contributed by atoms with van der Waals surface area (Å²) in [6.07, 6.45) is 1.67. The molecule has 0 aliphatic rings. The highest BCUT2D eigenvalue weighted by molar-refractivity contribution is 6.09. The fourth-order valence-corrected chi connectivity index (χ4v) is 2.60. The molecule has 0 spiro atoms. The third-order valence-electron chi connectivity index (χ3n) is 3.74. The van der Waals surface area contributed by atoms with Crippen molar-refractivity contribution in [1.29, 1.82) is 0 Å². The summed E-state index contributed by atoms with van der Waals surface area (Å²) in [7, 11) is 4.44. The Morgan fingerprint density at radius 3 is 2.64 bits per heavy atom. The van der Waals surface area contributed by atoms with Gasteiger partial charge in [0.05, 0.1) is 31.7 Å². The highest BCUT2D eigenvalue weighted by atomic mass is 16.5. The molecule has 130 valence electrons. The van der Waals surface area contributed by atoms with Crippen LogP contribution in [0.2, 0.25) is 0 Å². The molecule has 25 heavy (non-hydrogen) atoms. The Bertz CT molecular complexity index is 926. The number of carbonyl (C=O) groups is 1. The minimum Gasteiger partial charge on any atom is -0.496 e. The van der Waals surface area contributed by atoms with Crippen molar-refractivity contribution in [3.8, 4) is 11.5 Å². The molecule has 2 heterocycles. The Morgan fingerprint density at radius 2 is 1.92 bits per heavy atom.